The van der Waals surface area contributed by atoms with E-state index in [9.17, 15) is 0 Å². The molecule has 0 spiro atoms. The molecule has 0 aliphatic carbocycles. The zero-order valence-electron chi connectivity index (χ0n) is 9.48. The first kappa shape index (κ1) is 10.9. The molecular weight excluding hydrogens is 244 g/mol. The lowest BCUT2D eigenvalue weighted by atomic mass is 10.4. The Hall–Kier alpha value is -2.20. The molecule has 0 aromatic carbocycles. The van der Waals surface area contributed by atoms with Gasteiger partial charge < -0.3 is 4.42 Å². The van der Waals surface area contributed by atoms with Gasteiger partial charge in [0.2, 0.25) is 5.71 Å². The number of fused-ring (bicyclic) bond motifs is 2. The highest BCUT2D eigenvalue weighted by atomic mass is 32.1. The molecule has 0 amide bonds. The maximum atomic E-state index is 5.01. The van der Waals surface area contributed by atoms with E-state index in [2.05, 4.69) is 27.5 Å². The number of pyridine rings is 2. The van der Waals surface area contributed by atoms with Crippen molar-refractivity contribution in [3.63, 3.8) is 0 Å². The maximum Gasteiger partial charge on any atom is 0.225 e. The van der Waals surface area contributed by atoms with Crippen molar-refractivity contribution in [1.29, 1.82) is 0 Å². The predicted octanol–water partition coefficient (Wildman–Crippen LogP) is 4.12. The fraction of sp³-hybridized carbons (Fsp3) is 0. The zero-order chi connectivity index (χ0) is 12.2. The molecule has 0 aliphatic heterocycles. The topological polar surface area (TPSA) is 38.9 Å². The molecule has 4 rings (SSSR count). The van der Waals surface area contributed by atoms with Crippen LogP contribution in [-0.4, -0.2) is 9.97 Å². The van der Waals surface area contributed by atoms with Gasteiger partial charge in [0.25, 0.3) is 0 Å². The van der Waals surface area contributed by atoms with Gasteiger partial charge >= 0.3 is 0 Å². The summed E-state index contributed by atoms with van der Waals surface area (Å²) >= 11 is 1.68. The van der Waals surface area contributed by atoms with Crippen LogP contribution in [0.3, 0.4) is 0 Å². The monoisotopic (exact) mass is 254 g/mol. The molecule has 0 unspecified atom stereocenters. The van der Waals surface area contributed by atoms with Gasteiger partial charge in [0.05, 0.1) is 6.26 Å². The van der Waals surface area contributed by atoms with E-state index in [1.807, 2.05) is 30.5 Å². The third-order valence-corrected chi connectivity index (χ3v) is 3.29. The maximum absolute atomic E-state index is 5.01. The Morgan fingerprint density at radius 3 is 2.56 bits per heavy atom. The van der Waals surface area contributed by atoms with Crippen LogP contribution in [0, 0.1) is 0 Å². The fourth-order valence-corrected chi connectivity index (χ4v) is 2.34. The molecule has 0 aliphatic rings. The summed E-state index contributed by atoms with van der Waals surface area (Å²) < 4.78 is 5.01. The van der Waals surface area contributed by atoms with Gasteiger partial charge in [-0.15, -0.1) is 11.3 Å². The number of aromatic nitrogens is 2. The summed E-state index contributed by atoms with van der Waals surface area (Å²) in [4.78, 5) is 9.26. The Kier molecular flexibility index (Phi) is 3.02. The van der Waals surface area contributed by atoms with Gasteiger partial charge in [-0.3, -0.25) is 0 Å². The largest absolute Gasteiger partial charge is 0.446 e. The van der Waals surface area contributed by atoms with Crippen LogP contribution in [0.4, 0.5) is 0 Å². The molecule has 18 heavy (non-hydrogen) atoms. The summed E-state index contributed by atoms with van der Waals surface area (Å²) in [7, 11) is 0. The number of thiophene rings is 1. The Bertz CT molecular complexity index is 634. The van der Waals surface area contributed by atoms with Crippen molar-refractivity contribution in [3.05, 3.63) is 60.4 Å². The van der Waals surface area contributed by atoms with Crippen LogP contribution in [-0.2, 0) is 0 Å². The highest BCUT2D eigenvalue weighted by Gasteiger charge is 1.91. The summed E-state index contributed by atoms with van der Waals surface area (Å²) in [5.74, 6) is 0. The highest BCUT2D eigenvalue weighted by molar-refractivity contribution is 7.16. The third-order valence-electron chi connectivity index (χ3n) is 2.46. The van der Waals surface area contributed by atoms with Crippen LogP contribution in [0.25, 0.3) is 21.3 Å². The number of hydrogen-bond donors (Lipinski definition) is 0. The zero-order valence-corrected chi connectivity index (χ0v) is 10.3. The smallest absolute Gasteiger partial charge is 0.225 e. The van der Waals surface area contributed by atoms with Gasteiger partial charge in [0.1, 0.15) is 4.83 Å². The van der Waals surface area contributed by atoms with E-state index in [0.717, 1.165) is 10.2 Å². The first-order chi connectivity index (χ1) is 8.93. The van der Waals surface area contributed by atoms with Crippen molar-refractivity contribution >= 4 is 32.7 Å². The minimum Gasteiger partial charge on any atom is -0.446 e. The number of rotatable bonds is 0. The van der Waals surface area contributed by atoms with Gasteiger partial charge in [-0.1, -0.05) is 6.07 Å². The van der Waals surface area contributed by atoms with Crippen molar-refractivity contribution < 1.29 is 4.42 Å². The average molecular weight is 254 g/mol. The van der Waals surface area contributed by atoms with Crippen molar-refractivity contribution in [1.82, 2.24) is 9.97 Å². The van der Waals surface area contributed by atoms with Gasteiger partial charge in [-0.2, -0.15) is 0 Å². The molecule has 4 aromatic rings. The molecule has 4 aromatic heterocycles. The predicted molar refractivity (Wildman–Crippen MR) is 73.6 cm³/mol. The molecule has 88 valence electrons. The lowest BCUT2D eigenvalue weighted by Gasteiger charge is -1.81. The number of hydrogen-bond acceptors (Lipinski definition) is 4. The Morgan fingerprint density at radius 1 is 0.889 bits per heavy atom. The molecule has 0 saturated carbocycles. The standard InChI is InChI=1S/C7H5NO.C7H5NS/c2*1-2-6-3-5-9-7(6)8-4-1/h2*1-5H. The second-order valence-corrected chi connectivity index (χ2v) is 4.53. The molecule has 4 heteroatoms. The van der Waals surface area contributed by atoms with E-state index in [1.54, 1.807) is 23.8 Å². The van der Waals surface area contributed by atoms with Gasteiger partial charge in [0, 0.05) is 23.2 Å². The first-order valence-corrected chi connectivity index (χ1v) is 6.38. The van der Waals surface area contributed by atoms with Crippen LogP contribution >= 0.6 is 11.3 Å². The highest BCUT2D eigenvalue weighted by Crippen LogP contribution is 2.16. The van der Waals surface area contributed by atoms with E-state index < -0.39 is 0 Å². The second kappa shape index (κ2) is 4.98. The molecule has 0 radical (unpaired) electrons. The molecule has 4 heterocycles. The Labute approximate surface area is 108 Å². The van der Waals surface area contributed by atoms with Crippen LogP contribution < -0.4 is 0 Å². The minimum absolute atomic E-state index is 0.706. The lowest BCUT2D eigenvalue weighted by Crippen LogP contribution is -1.66. The summed E-state index contributed by atoms with van der Waals surface area (Å²) in [6, 6.07) is 11.8. The Balaban J connectivity index is 0.000000111. The van der Waals surface area contributed by atoms with Crippen molar-refractivity contribution in [3.8, 4) is 0 Å². The van der Waals surface area contributed by atoms with E-state index in [-0.39, 0.29) is 0 Å². The first-order valence-electron chi connectivity index (χ1n) is 5.50. The van der Waals surface area contributed by atoms with Gasteiger partial charge in [0.15, 0.2) is 0 Å². The van der Waals surface area contributed by atoms with E-state index in [4.69, 9.17) is 4.42 Å². The summed E-state index contributed by atoms with van der Waals surface area (Å²) in [6.07, 6.45) is 5.17. The summed E-state index contributed by atoms with van der Waals surface area (Å²) in [6.45, 7) is 0. The quantitative estimate of drug-likeness (QED) is 0.473. The number of nitrogens with zero attached hydrogens (tertiary/aromatic N) is 2. The lowest BCUT2D eigenvalue weighted by molar-refractivity contribution is 0.603. The molecule has 0 atom stereocenters. The van der Waals surface area contributed by atoms with Crippen molar-refractivity contribution in [2.45, 2.75) is 0 Å². The molecule has 0 fully saturated rings. The van der Waals surface area contributed by atoms with E-state index in [1.165, 1.54) is 5.39 Å². The van der Waals surface area contributed by atoms with Crippen molar-refractivity contribution in [2.75, 3.05) is 0 Å². The second-order valence-electron chi connectivity index (χ2n) is 3.64. The molecule has 3 nitrogen and oxygen atoms in total. The Morgan fingerprint density at radius 2 is 1.72 bits per heavy atom. The fourth-order valence-electron chi connectivity index (χ4n) is 1.60. The van der Waals surface area contributed by atoms with Gasteiger partial charge in [-0.25, -0.2) is 9.97 Å². The van der Waals surface area contributed by atoms with Gasteiger partial charge in [-0.05, 0) is 35.7 Å². The summed E-state index contributed by atoms with van der Waals surface area (Å²) in [5, 5.41) is 4.34. The van der Waals surface area contributed by atoms with Crippen LogP contribution in [0.2, 0.25) is 0 Å². The molecule has 0 N–H and O–H groups in total. The van der Waals surface area contributed by atoms with Crippen LogP contribution in [0.1, 0.15) is 0 Å². The number of furan rings is 1. The average Bonchev–Trinajstić information content (AvgIpc) is 3.08. The summed E-state index contributed by atoms with van der Waals surface area (Å²) in [5.41, 5.74) is 0.706. The molecule has 0 bridgehead atoms. The van der Waals surface area contributed by atoms with E-state index >= 15 is 0 Å². The van der Waals surface area contributed by atoms with Crippen LogP contribution in [0.5, 0.6) is 0 Å². The molecule has 0 saturated heterocycles. The van der Waals surface area contributed by atoms with Crippen molar-refractivity contribution in [2.24, 2.45) is 0 Å². The minimum atomic E-state index is 0.706. The SMILES string of the molecule is c1cnc2occc2c1.c1cnc2sccc2c1. The normalized spacial score (nSPS) is 10.2. The van der Waals surface area contributed by atoms with Crippen LogP contribution in [0.15, 0.2) is 64.9 Å². The third kappa shape index (κ3) is 2.24. The molecular formula is C14H10N2OS. The van der Waals surface area contributed by atoms with E-state index in [0.29, 0.717) is 5.71 Å².